The second-order valence-corrected chi connectivity index (χ2v) is 3.32. The third-order valence-electron chi connectivity index (χ3n) is 2.24. The van der Waals surface area contributed by atoms with Gasteiger partial charge in [0.25, 0.3) is 5.92 Å². The van der Waals surface area contributed by atoms with Gasteiger partial charge in [0.05, 0.1) is 7.11 Å². The number of benzene rings is 1. The minimum absolute atomic E-state index is 0.168. The van der Waals surface area contributed by atoms with Crippen molar-refractivity contribution in [2.45, 2.75) is 12.0 Å². The van der Waals surface area contributed by atoms with Crippen molar-refractivity contribution in [2.24, 2.45) is 5.73 Å². The SMILES string of the molecule is COc1ccc(O)c([C@H](N)C(F)(F)CO)c1. The lowest BCUT2D eigenvalue weighted by Gasteiger charge is -2.22. The van der Waals surface area contributed by atoms with Crippen molar-refractivity contribution >= 4 is 0 Å². The topological polar surface area (TPSA) is 75.7 Å². The van der Waals surface area contributed by atoms with Crippen LogP contribution in [0.2, 0.25) is 0 Å². The average molecular weight is 233 g/mol. The monoisotopic (exact) mass is 233 g/mol. The first-order valence-electron chi connectivity index (χ1n) is 4.53. The van der Waals surface area contributed by atoms with E-state index in [1.54, 1.807) is 0 Å². The standard InChI is InChI=1S/C10H13F2NO3/c1-16-6-2-3-8(15)7(4-6)9(13)10(11,12)5-14/h2-4,9,14-15H,5,13H2,1H3/t9-/m0/s1. The van der Waals surface area contributed by atoms with E-state index in [1.807, 2.05) is 0 Å². The fraction of sp³-hybridized carbons (Fsp3) is 0.400. The number of rotatable bonds is 4. The maximum Gasteiger partial charge on any atom is 0.289 e. The molecular formula is C10H13F2NO3. The number of alkyl halides is 2. The van der Waals surface area contributed by atoms with E-state index < -0.39 is 18.6 Å². The van der Waals surface area contributed by atoms with Crippen LogP contribution in [-0.2, 0) is 0 Å². The van der Waals surface area contributed by atoms with Crippen molar-refractivity contribution in [3.63, 3.8) is 0 Å². The number of phenolic OH excluding ortho intramolecular Hbond substituents is 1. The highest BCUT2D eigenvalue weighted by Gasteiger charge is 2.38. The molecule has 0 heterocycles. The number of methoxy groups -OCH3 is 1. The Kier molecular flexibility index (Phi) is 3.66. The summed E-state index contributed by atoms with van der Waals surface area (Å²) >= 11 is 0. The summed E-state index contributed by atoms with van der Waals surface area (Å²) in [6.07, 6.45) is 0. The van der Waals surface area contributed by atoms with E-state index in [0.29, 0.717) is 5.75 Å². The molecular weight excluding hydrogens is 220 g/mol. The summed E-state index contributed by atoms with van der Waals surface area (Å²) in [5.41, 5.74) is 5.11. The Balaban J connectivity index is 3.11. The van der Waals surface area contributed by atoms with Crippen molar-refractivity contribution in [3.8, 4) is 11.5 Å². The van der Waals surface area contributed by atoms with E-state index >= 15 is 0 Å². The van der Waals surface area contributed by atoms with Crippen LogP contribution in [0.15, 0.2) is 18.2 Å². The Bertz CT molecular complexity index is 371. The quantitative estimate of drug-likeness (QED) is 0.726. The fourth-order valence-corrected chi connectivity index (χ4v) is 1.23. The normalized spacial score (nSPS) is 13.6. The van der Waals surface area contributed by atoms with E-state index in [1.165, 1.54) is 25.3 Å². The van der Waals surface area contributed by atoms with E-state index in [-0.39, 0.29) is 11.3 Å². The molecule has 4 N–H and O–H groups in total. The van der Waals surface area contributed by atoms with Crippen molar-refractivity contribution in [1.29, 1.82) is 0 Å². The zero-order chi connectivity index (χ0) is 12.3. The predicted molar refractivity (Wildman–Crippen MR) is 53.6 cm³/mol. The van der Waals surface area contributed by atoms with E-state index in [4.69, 9.17) is 15.6 Å². The lowest BCUT2D eigenvalue weighted by molar-refractivity contribution is -0.0716. The number of ether oxygens (including phenoxy) is 1. The van der Waals surface area contributed by atoms with E-state index in [2.05, 4.69) is 0 Å². The van der Waals surface area contributed by atoms with Crippen LogP contribution in [0.25, 0.3) is 0 Å². The summed E-state index contributed by atoms with van der Waals surface area (Å²) in [4.78, 5) is 0. The van der Waals surface area contributed by atoms with Gasteiger partial charge in [-0.3, -0.25) is 0 Å². The first-order valence-corrected chi connectivity index (χ1v) is 4.53. The minimum atomic E-state index is -3.50. The van der Waals surface area contributed by atoms with Crippen molar-refractivity contribution in [1.82, 2.24) is 0 Å². The highest BCUT2D eigenvalue weighted by Crippen LogP contribution is 2.35. The molecule has 0 radical (unpaired) electrons. The van der Waals surface area contributed by atoms with Crippen molar-refractivity contribution in [2.75, 3.05) is 13.7 Å². The number of phenols is 1. The molecule has 16 heavy (non-hydrogen) atoms. The second-order valence-electron chi connectivity index (χ2n) is 3.32. The van der Waals surface area contributed by atoms with Crippen LogP contribution in [0.4, 0.5) is 8.78 Å². The molecule has 0 saturated carbocycles. The summed E-state index contributed by atoms with van der Waals surface area (Å²) in [6, 6.07) is 2.06. The Labute approximate surface area is 91.3 Å². The maximum absolute atomic E-state index is 13.1. The molecule has 0 fully saturated rings. The largest absolute Gasteiger partial charge is 0.508 e. The van der Waals surface area contributed by atoms with Gasteiger partial charge in [-0.05, 0) is 18.2 Å². The molecule has 0 aliphatic heterocycles. The number of hydrogen-bond acceptors (Lipinski definition) is 4. The summed E-state index contributed by atoms with van der Waals surface area (Å²) in [7, 11) is 1.37. The first kappa shape index (κ1) is 12.7. The lowest BCUT2D eigenvalue weighted by atomic mass is 10.0. The molecule has 0 unspecified atom stereocenters. The molecule has 1 aromatic carbocycles. The molecule has 0 aliphatic carbocycles. The van der Waals surface area contributed by atoms with Crippen LogP contribution < -0.4 is 10.5 Å². The van der Waals surface area contributed by atoms with Crippen molar-refractivity contribution < 1.29 is 23.7 Å². The highest BCUT2D eigenvalue weighted by atomic mass is 19.3. The number of aliphatic hydroxyl groups is 1. The van der Waals surface area contributed by atoms with Gasteiger partial charge < -0.3 is 20.7 Å². The van der Waals surface area contributed by atoms with Crippen LogP contribution in [0.5, 0.6) is 11.5 Å². The van der Waals surface area contributed by atoms with Gasteiger partial charge in [-0.2, -0.15) is 0 Å². The van der Waals surface area contributed by atoms with Gasteiger partial charge in [-0.15, -0.1) is 0 Å². The molecule has 0 aromatic heterocycles. The average Bonchev–Trinajstić information content (AvgIpc) is 2.29. The van der Waals surface area contributed by atoms with Gasteiger partial charge in [0.15, 0.2) is 0 Å². The Morgan fingerprint density at radius 2 is 2.12 bits per heavy atom. The summed E-state index contributed by atoms with van der Waals surface area (Å²) in [5, 5.41) is 17.9. The Morgan fingerprint density at radius 1 is 1.50 bits per heavy atom. The van der Waals surface area contributed by atoms with E-state index in [9.17, 15) is 13.9 Å². The predicted octanol–water partition coefficient (Wildman–Crippen LogP) is 1.03. The Hall–Kier alpha value is -1.40. The number of hydrogen-bond donors (Lipinski definition) is 3. The van der Waals surface area contributed by atoms with Gasteiger partial charge in [-0.25, -0.2) is 8.78 Å². The van der Waals surface area contributed by atoms with Gasteiger partial charge in [0.1, 0.15) is 24.1 Å². The molecule has 0 aliphatic rings. The Morgan fingerprint density at radius 3 is 2.62 bits per heavy atom. The fourth-order valence-electron chi connectivity index (χ4n) is 1.23. The van der Waals surface area contributed by atoms with Gasteiger partial charge in [-0.1, -0.05) is 0 Å². The number of halogens is 2. The number of nitrogens with two attached hydrogens (primary N) is 1. The molecule has 90 valence electrons. The van der Waals surface area contributed by atoms with E-state index in [0.717, 1.165) is 0 Å². The van der Waals surface area contributed by atoms with Crippen LogP contribution in [0, 0.1) is 0 Å². The van der Waals surface area contributed by atoms with Crippen molar-refractivity contribution in [3.05, 3.63) is 23.8 Å². The third kappa shape index (κ3) is 2.40. The maximum atomic E-state index is 13.1. The minimum Gasteiger partial charge on any atom is -0.508 e. The van der Waals surface area contributed by atoms with Crippen LogP contribution >= 0.6 is 0 Å². The van der Waals surface area contributed by atoms with Gasteiger partial charge in [0, 0.05) is 5.56 Å². The molecule has 6 heteroatoms. The van der Waals surface area contributed by atoms with Gasteiger partial charge >= 0.3 is 0 Å². The van der Waals surface area contributed by atoms with Crippen LogP contribution in [0.1, 0.15) is 11.6 Å². The lowest BCUT2D eigenvalue weighted by Crippen LogP contribution is -2.36. The zero-order valence-corrected chi connectivity index (χ0v) is 8.65. The molecule has 1 atom stereocenters. The second kappa shape index (κ2) is 4.63. The summed E-state index contributed by atoms with van der Waals surface area (Å²) in [5.74, 6) is -3.55. The smallest absolute Gasteiger partial charge is 0.289 e. The molecule has 0 bridgehead atoms. The zero-order valence-electron chi connectivity index (χ0n) is 8.65. The molecule has 0 saturated heterocycles. The molecule has 1 aromatic rings. The third-order valence-corrected chi connectivity index (χ3v) is 2.24. The highest BCUT2D eigenvalue weighted by molar-refractivity contribution is 5.42. The van der Waals surface area contributed by atoms with Crippen LogP contribution in [-0.4, -0.2) is 29.9 Å². The summed E-state index contributed by atoms with van der Waals surface area (Å²) < 4.78 is 31.1. The molecule has 1 rings (SSSR count). The molecule has 0 amide bonds. The first-order chi connectivity index (χ1) is 7.42. The van der Waals surface area contributed by atoms with Gasteiger partial charge in [0.2, 0.25) is 0 Å². The number of aromatic hydroxyl groups is 1. The number of aliphatic hydroxyl groups excluding tert-OH is 1. The van der Waals surface area contributed by atoms with Crippen LogP contribution in [0.3, 0.4) is 0 Å². The molecule has 4 nitrogen and oxygen atoms in total. The summed E-state index contributed by atoms with van der Waals surface area (Å²) in [6.45, 7) is -1.38. The molecule has 0 spiro atoms.